The normalized spacial score (nSPS) is 38.3. The van der Waals surface area contributed by atoms with Gasteiger partial charge in [-0.2, -0.15) is 0 Å². The maximum atomic E-state index is 12.1. The molecule has 2 nitrogen and oxygen atoms in total. The number of ketones is 1. The Hall–Kier alpha value is -0.920. The number of Topliss-reactive ketones (excluding diaryl/α,β-unsaturated/α-hetero) is 1. The zero-order chi connectivity index (χ0) is 11.1. The van der Waals surface area contributed by atoms with E-state index in [2.05, 4.69) is 13.5 Å². The van der Waals surface area contributed by atoms with Crippen LogP contribution in [0.25, 0.3) is 0 Å². The highest BCUT2D eigenvalue weighted by molar-refractivity contribution is 5.88. The molecule has 2 fully saturated rings. The molecule has 2 aliphatic carbocycles. The van der Waals surface area contributed by atoms with Crippen molar-refractivity contribution in [3.8, 4) is 0 Å². The summed E-state index contributed by atoms with van der Waals surface area (Å²) in [5.41, 5.74) is 1.12. The Morgan fingerprint density at radius 3 is 2.93 bits per heavy atom. The fourth-order valence-corrected chi connectivity index (χ4v) is 3.43. The van der Waals surface area contributed by atoms with E-state index in [4.69, 9.17) is 0 Å². The van der Waals surface area contributed by atoms with Crippen molar-refractivity contribution in [3.05, 3.63) is 12.2 Å². The summed E-state index contributed by atoms with van der Waals surface area (Å²) in [6.07, 6.45) is 4.77. The van der Waals surface area contributed by atoms with Crippen LogP contribution in [0.4, 0.5) is 0 Å². The zero-order valence-electron chi connectivity index (χ0n) is 9.29. The van der Waals surface area contributed by atoms with Crippen LogP contribution in [0, 0.1) is 17.3 Å². The van der Waals surface area contributed by atoms with E-state index in [0.29, 0.717) is 30.5 Å². The Bertz CT molecular complexity index is 318. The van der Waals surface area contributed by atoms with Gasteiger partial charge < -0.3 is 4.79 Å². The number of hydrogen-bond acceptors (Lipinski definition) is 2. The molecule has 0 aromatic carbocycles. The van der Waals surface area contributed by atoms with Crippen molar-refractivity contribution < 1.29 is 9.59 Å². The lowest BCUT2D eigenvalue weighted by molar-refractivity contribution is -0.130. The molecule has 0 spiro atoms. The van der Waals surface area contributed by atoms with Crippen molar-refractivity contribution >= 4 is 12.1 Å². The van der Waals surface area contributed by atoms with Crippen LogP contribution in [-0.2, 0) is 9.59 Å². The van der Waals surface area contributed by atoms with Crippen LogP contribution in [0.3, 0.4) is 0 Å². The first-order chi connectivity index (χ1) is 7.12. The van der Waals surface area contributed by atoms with E-state index in [1.807, 2.05) is 0 Å². The van der Waals surface area contributed by atoms with Crippen molar-refractivity contribution in [1.82, 2.24) is 0 Å². The van der Waals surface area contributed by atoms with Gasteiger partial charge in [0.15, 0.2) is 0 Å². The summed E-state index contributed by atoms with van der Waals surface area (Å²) < 4.78 is 0. The molecule has 0 N–H and O–H groups in total. The summed E-state index contributed by atoms with van der Waals surface area (Å²) in [5, 5.41) is 0. The number of aldehydes is 1. The van der Waals surface area contributed by atoms with Crippen LogP contribution in [0.1, 0.15) is 39.0 Å². The van der Waals surface area contributed by atoms with Crippen molar-refractivity contribution in [2.75, 3.05) is 0 Å². The van der Waals surface area contributed by atoms with E-state index in [9.17, 15) is 9.59 Å². The summed E-state index contributed by atoms with van der Waals surface area (Å²) in [6.45, 7) is 6.23. The number of hydrogen-bond donors (Lipinski definition) is 0. The Kier molecular flexibility index (Phi) is 2.53. The third-order valence-electron chi connectivity index (χ3n) is 4.50. The quantitative estimate of drug-likeness (QED) is 0.523. The second kappa shape index (κ2) is 3.58. The summed E-state index contributed by atoms with van der Waals surface area (Å²) >= 11 is 0. The summed E-state index contributed by atoms with van der Waals surface area (Å²) in [6, 6.07) is 0. The lowest BCUT2D eigenvalue weighted by Crippen LogP contribution is -2.33. The Morgan fingerprint density at radius 1 is 1.67 bits per heavy atom. The Labute approximate surface area is 90.7 Å². The van der Waals surface area contributed by atoms with E-state index in [1.54, 1.807) is 0 Å². The lowest BCUT2D eigenvalue weighted by atomic mass is 9.70. The van der Waals surface area contributed by atoms with E-state index in [-0.39, 0.29) is 5.41 Å². The van der Waals surface area contributed by atoms with Crippen molar-refractivity contribution in [1.29, 1.82) is 0 Å². The molecule has 3 unspecified atom stereocenters. The van der Waals surface area contributed by atoms with Gasteiger partial charge in [0.2, 0.25) is 0 Å². The molecular weight excluding hydrogens is 188 g/mol. The fraction of sp³-hybridized carbons (Fsp3) is 0.692. The molecule has 0 amide bonds. The van der Waals surface area contributed by atoms with Gasteiger partial charge in [-0.3, -0.25) is 4.79 Å². The molecule has 0 aromatic rings. The molecule has 15 heavy (non-hydrogen) atoms. The number of carbonyl (C=O) groups is 2. The highest BCUT2D eigenvalue weighted by Crippen LogP contribution is 2.60. The van der Waals surface area contributed by atoms with Crippen LogP contribution >= 0.6 is 0 Å². The average molecular weight is 206 g/mol. The van der Waals surface area contributed by atoms with E-state index in [1.165, 1.54) is 5.57 Å². The molecule has 2 heteroatoms. The minimum absolute atomic E-state index is 0.148. The molecule has 0 aliphatic heterocycles. The first-order valence-corrected chi connectivity index (χ1v) is 5.77. The van der Waals surface area contributed by atoms with Gasteiger partial charge in [0.05, 0.1) is 0 Å². The van der Waals surface area contributed by atoms with Crippen LogP contribution in [-0.4, -0.2) is 12.1 Å². The molecule has 82 valence electrons. The highest BCUT2D eigenvalue weighted by atomic mass is 16.1. The number of carbonyl (C=O) groups excluding carboxylic acids is 2. The molecule has 2 bridgehead atoms. The number of rotatable bonds is 4. The van der Waals surface area contributed by atoms with Gasteiger partial charge in [-0.1, -0.05) is 19.1 Å². The number of allylic oxidation sites excluding steroid dienone is 1. The molecule has 0 saturated heterocycles. The molecule has 3 atom stereocenters. The molecule has 0 radical (unpaired) electrons. The highest BCUT2D eigenvalue weighted by Gasteiger charge is 2.55. The van der Waals surface area contributed by atoms with Crippen molar-refractivity contribution in [3.63, 3.8) is 0 Å². The standard InChI is InChI=1S/C13H18O2/c1-9-10(2)13(6-5-11(9)8-13)12(15)4-3-7-14/h7,10-11H,1,3-6,8H2,2H3. The van der Waals surface area contributed by atoms with Crippen molar-refractivity contribution in [2.45, 2.75) is 39.0 Å². The second-order valence-electron chi connectivity index (χ2n) is 5.02. The predicted octanol–water partition coefficient (Wildman–Crippen LogP) is 2.53. The smallest absolute Gasteiger partial charge is 0.140 e. The minimum atomic E-state index is -0.148. The number of fused-ring (bicyclic) bond motifs is 2. The Morgan fingerprint density at radius 2 is 2.40 bits per heavy atom. The molecule has 0 heterocycles. The largest absolute Gasteiger partial charge is 0.303 e. The van der Waals surface area contributed by atoms with Gasteiger partial charge in [0.1, 0.15) is 12.1 Å². The third kappa shape index (κ3) is 1.38. The molecule has 2 saturated carbocycles. The third-order valence-corrected chi connectivity index (χ3v) is 4.50. The summed E-state index contributed by atoms with van der Waals surface area (Å²) in [4.78, 5) is 22.4. The summed E-state index contributed by atoms with van der Waals surface area (Å²) in [5.74, 6) is 1.19. The second-order valence-corrected chi connectivity index (χ2v) is 5.02. The predicted molar refractivity (Wildman–Crippen MR) is 58.4 cm³/mol. The van der Waals surface area contributed by atoms with Gasteiger partial charge in [0.25, 0.3) is 0 Å². The topological polar surface area (TPSA) is 34.1 Å². The lowest BCUT2D eigenvalue weighted by Gasteiger charge is -2.32. The molecule has 0 aromatic heterocycles. The van der Waals surface area contributed by atoms with Gasteiger partial charge in [-0.15, -0.1) is 0 Å². The van der Waals surface area contributed by atoms with Crippen LogP contribution in [0.2, 0.25) is 0 Å². The van der Waals surface area contributed by atoms with Gasteiger partial charge in [-0.05, 0) is 31.1 Å². The Balaban J connectivity index is 2.16. The minimum Gasteiger partial charge on any atom is -0.303 e. The maximum absolute atomic E-state index is 12.1. The molecular formula is C13H18O2. The van der Waals surface area contributed by atoms with Gasteiger partial charge in [0, 0.05) is 18.3 Å². The van der Waals surface area contributed by atoms with E-state index < -0.39 is 0 Å². The maximum Gasteiger partial charge on any atom is 0.140 e. The van der Waals surface area contributed by atoms with E-state index >= 15 is 0 Å². The van der Waals surface area contributed by atoms with Crippen LogP contribution in [0.15, 0.2) is 12.2 Å². The molecule has 2 rings (SSSR count). The first kappa shape index (κ1) is 10.6. The zero-order valence-corrected chi connectivity index (χ0v) is 9.29. The van der Waals surface area contributed by atoms with E-state index in [0.717, 1.165) is 25.5 Å². The SMILES string of the molecule is C=C1C2CCC(C(=O)CCC=O)(C2)C1C. The summed E-state index contributed by atoms with van der Waals surface area (Å²) in [7, 11) is 0. The van der Waals surface area contributed by atoms with Gasteiger partial charge in [-0.25, -0.2) is 0 Å². The fourth-order valence-electron chi connectivity index (χ4n) is 3.43. The first-order valence-electron chi connectivity index (χ1n) is 5.77. The van der Waals surface area contributed by atoms with Crippen LogP contribution in [0.5, 0.6) is 0 Å². The van der Waals surface area contributed by atoms with Crippen molar-refractivity contribution in [2.24, 2.45) is 17.3 Å². The van der Waals surface area contributed by atoms with Gasteiger partial charge >= 0.3 is 0 Å². The average Bonchev–Trinajstić information content (AvgIpc) is 2.77. The molecule has 2 aliphatic rings. The monoisotopic (exact) mass is 206 g/mol. The van der Waals surface area contributed by atoms with Crippen LogP contribution < -0.4 is 0 Å².